The normalized spacial score (nSPS) is 10.4. The molecule has 0 unspecified atom stereocenters. The van der Waals surface area contributed by atoms with Crippen molar-refractivity contribution in [3.05, 3.63) is 54.7 Å². The summed E-state index contributed by atoms with van der Waals surface area (Å²) in [5.41, 5.74) is 1.75. The number of nitrogens with zero attached hydrogens (tertiary/aromatic N) is 1. The molecular weight excluding hydrogens is 266 g/mol. The minimum Gasteiger partial charge on any atom is -0.497 e. The minimum atomic E-state index is 0.551. The van der Waals surface area contributed by atoms with Gasteiger partial charge in [0.25, 0.3) is 0 Å². The van der Waals surface area contributed by atoms with E-state index >= 15 is 0 Å². The Morgan fingerprint density at radius 3 is 2.62 bits per heavy atom. The van der Waals surface area contributed by atoms with Gasteiger partial charge in [-0.1, -0.05) is 18.2 Å². The molecule has 4 heteroatoms. The first-order chi connectivity index (χ1) is 10.3. The zero-order chi connectivity index (χ0) is 14.7. The standard InChI is InChI=1S/C17H15NO3/c1-19-13-7-5-6-12(10-13)17-18-11-16(21-17)14-8-3-4-9-15(14)20-2/h3-11H,1-2H3. The summed E-state index contributed by atoms with van der Waals surface area (Å²) >= 11 is 0. The predicted molar refractivity (Wildman–Crippen MR) is 80.5 cm³/mol. The van der Waals surface area contributed by atoms with Gasteiger partial charge in [-0.25, -0.2) is 4.98 Å². The zero-order valence-corrected chi connectivity index (χ0v) is 11.9. The Hall–Kier alpha value is -2.75. The van der Waals surface area contributed by atoms with Gasteiger partial charge in [0.15, 0.2) is 5.76 Å². The monoisotopic (exact) mass is 281 g/mol. The molecule has 3 rings (SSSR count). The Morgan fingerprint density at radius 2 is 1.81 bits per heavy atom. The molecule has 0 radical (unpaired) electrons. The van der Waals surface area contributed by atoms with Crippen molar-refractivity contribution in [2.75, 3.05) is 14.2 Å². The highest BCUT2D eigenvalue weighted by Crippen LogP contribution is 2.32. The lowest BCUT2D eigenvalue weighted by molar-refractivity contribution is 0.414. The summed E-state index contributed by atoms with van der Waals surface area (Å²) in [5, 5.41) is 0. The maximum Gasteiger partial charge on any atom is 0.226 e. The maximum atomic E-state index is 5.85. The highest BCUT2D eigenvalue weighted by atomic mass is 16.5. The van der Waals surface area contributed by atoms with Crippen LogP contribution in [0.15, 0.2) is 59.1 Å². The van der Waals surface area contributed by atoms with Crippen LogP contribution in [-0.2, 0) is 0 Å². The van der Waals surface area contributed by atoms with Crippen LogP contribution in [0.25, 0.3) is 22.8 Å². The van der Waals surface area contributed by atoms with Gasteiger partial charge in [0.2, 0.25) is 5.89 Å². The molecule has 21 heavy (non-hydrogen) atoms. The number of methoxy groups -OCH3 is 2. The fourth-order valence-electron chi connectivity index (χ4n) is 2.14. The highest BCUT2D eigenvalue weighted by molar-refractivity contribution is 5.67. The molecule has 1 aromatic heterocycles. The molecule has 0 bridgehead atoms. The van der Waals surface area contributed by atoms with Gasteiger partial charge in [-0.2, -0.15) is 0 Å². The second-order valence-electron chi connectivity index (χ2n) is 4.46. The van der Waals surface area contributed by atoms with Crippen molar-refractivity contribution in [1.82, 2.24) is 4.98 Å². The van der Waals surface area contributed by atoms with Gasteiger partial charge in [0, 0.05) is 5.56 Å². The molecule has 3 aromatic rings. The van der Waals surface area contributed by atoms with E-state index in [0.717, 1.165) is 22.6 Å². The Morgan fingerprint density at radius 1 is 0.952 bits per heavy atom. The Bertz CT molecular complexity index is 749. The van der Waals surface area contributed by atoms with Crippen LogP contribution >= 0.6 is 0 Å². The summed E-state index contributed by atoms with van der Waals surface area (Å²) < 4.78 is 16.4. The SMILES string of the molecule is COc1cccc(-c2ncc(-c3ccccc3OC)o2)c1. The van der Waals surface area contributed by atoms with Gasteiger partial charge in [-0.3, -0.25) is 0 Å². The third-order valence-corrected chi connectivity index (χ3v) is 3.19. The number of rotatable bonds is 4. The molecule has 2 aromatic carbocycles. The smallest absolute Gasteiger partial charge is 0.226 e. The van der Waals surface area contributed by atoms with Crippen molar-refractivity contribution in [2.45, 2.75) is 0 Å². The molecule has 4 nitrogen and oxygen atoms in total. The predicted octanol–water partition coefficient (Wildman–Crippen LogP) is 4.03. The van der Waals surface area contributed by atoms with Gasteiger partial charge >= 0.3 is 0 Å². The number of ether oxygens (including phenoxy) is 2. The van der Waals surface area contributed by atoms with E-state index < -0.39 is 0 Å². The fourth-order valence-corrected chi connectivity index (χ4v) is 2.14. The van der Waals surface area contributed by atoms with Crippen LogP contribution in [0, 0.1) is 0 Å². The van der Waals surface area contributed by atoms with E-state index in [1.54, 1.807) is 20.4 Å². The second-order valence-corrected chi connectivity index (χ2v) is 4.46. The Kier molecular flexibility index (Phi) is 3.60. The Balaban J connectivity index is 1.99. The van der Waals surface area contributed by atoms with E-state index in [1.165, 1.54) is 0 Å². The lowest BCUT2D eigenvalue weighted by Gasteiger charge is -2.04. The summed E-state index contributed by atoms with van der Waals surface area (Å²) in [6.07, 6.45) is 1.70. The number of hydrogen-bond donors (Lipinski definition) is 0. The van der Waals surface area contributed by atoms with Gasteiger partial charge in [-0.05, 0) is 30.3 Å². The van der Waals surface area contributed by atoms with E-state index in [-0.39, 0.29) is 0 Å². The quantitative estimate of drug-likeness (QED) is 0.724. The molecule has 0 aliphatic carbocycles. The summed E-state index contributed by atoms with van der Waals surface area (Å²) in [5.74, 6) is 2.75. The van der Waals surface area contributed by atoms with E-state index in [4.69, 9.17) is 13.9 Å². The summed E-state index contributed by atoms with van der Waals surface area (Å²) in [7, 11) is 3.27. The molecule has 0 saturated heterocycles. The van der Waals surface area contributed by atoms with Crippen molar-refractivity contribution in [3.63, 3.8) is 0 Å². The number of hydrogen-bond acceptors (Lipinski definition) is 4. The molecule has 0 aliphatic rings. The topological polar surface area (TPSA) is 44.5 Å². The van der Waals surface area contributed by atoms with E-state index in [0.29, 0.717) is 11.7 Å². The number of para-hydroxylation sites is 1. The molecule has 0 saturated carbocycles. The van der Waals surface area contributed by atoms with Crippen LogP contribution in [0.2, 0.25) is 0 Å². The van der Waals surface area contributed by atoms with Crippen LogP contribution < -0.4 is 9.47 Å². The molecule has 0 aliphatic heterocycles. The molecule has 0 fully saturated rings. The third-order valence-electron chi connectivity index (χ3n) is 3.19. The molecule has 0 spiro atoms. The molecule has 1 heterocycles. The van der Waals surface area contributed by atoms with E-state index in [9.17, 15) is 0 Å². The van der Waals surface area contributed by atoms with Gasteiger partial charge in [-0.15, -0.1) is 0 Å². The average molecular weight is 281 g/mol. The van der Waals surface area contributed by atoms with Crippen LogP contribution in [-0.4, -0.2) is 19.2 Å². The molecule has 106 valence electrons. The molecule has 0 N–H and O–H groups in total. The van der Waals surface area contributed by atoms with E-state index in [1.807, 2.05) is 48.5 Å². The van der Waals surface area contributed by atoms with Gasteiger partial charge in [0.1, 0.15) is 11.5 Å². The van der Waals surface area contributed by atoms with Gasteiger partial charge in [0.05, 0.1) is 26.0 Å². The third kappa shape index (κ3) is 2.60. The van der Waals surface area contributed by atoms with Crippen LogP contribution in [0.4, 0.5) is 0 Å². The first-order valence-electron chi connectivity index (χ1n) is 6.55. The first-order valence-corrected chi connectivity index (χ1v) is 6.55. The molecule has 0 atom stereocenters. The largest absolute Gasteiger partial charge is 0.497 e. The zero-order valence-electron chi connectivity index (χ0n) is 11.9. The summed E-state index contributed by atoms with van der Waals surface area (Å²) in [6.45, 7) is 0. The maximum absolute atomic E-state index is 5.85. The lowest BCUT2D eigenvalue weighted by atomic mass is 10.1. The Labute approximate surface area is 123 Å². The molecular formula is C17H15NO3. The minimum absolute atomic E-state index is 0.551. The fraction of sp³-hybridized carbons (Fsp3) is 0.118. The number of oxazole rings is 1. The van der Waals surface area contributed by atoms with E-state index in [2.05, 4.69) is 4.98 Å². The number of aromatic nitrogens is 1. The summed E-state index contributed by atoms with van der Waals surface area (Å²) in [6, 6.07) is 15.3. The van der Waals surface area contributed by atoms with Crippen LogP contribution in [0.3, 0.4) is 0 Å². The average Bonchev–Trinajstić information content (AvgIpc) is 3.04. The second kappa shape index (κ2) is 5.71. The van der Waals surface area contributed by atoms with Crippen LogP contribution in [0.1, 0.15) is 0 Å². The van der Waals surface area contributed by atoms with Crippen molar-refractivity contribution >= 4 is 0 Å². The lowest BCUT2D eigenvalue weighted by Crippen LogP contribution is -1.85. The number of benzene rings is 2. The first kappa shape index (κ1) is 13.2. The van der Waals surface area contributed by atoms with Crippen LogP contribution in [0.5, 0.6) is 11.5 Å². The van der Waals surface area contributed by atoms with Crippen molar-refractivity contribution in [3.8, 4) is 34.3 Å². The molecule has 0 amide bonds. The van der Waals surface area contributed by atoms with Crippen molar-refractivity contribution in [1.29, 1.82) is 0 Å². The highest BCUT2D eigenvalue weighted by Gasteiger charge is 2.12. The van der Waals surface area contributed by atoms with Gasteiger partial charge < -0.3 is 13.9 Å². The van der Waals surface area contributed by atoms with Crippen molar-refractivity contribution < 1.29 is 13.9 Å². The van der Waals surface area contributed by atoms with Crippen molar-refractivity contribution in [2.24, 2.45) is 0 Å². The summed E-state index contributed by atoms with van der Waals surface area (Å²) in [4.78, 5) is 4.34.